The lowest BCUT2D eigenvalue weighted by Gasteiger charge is -2.15. The number of alkyl halides is 3. The summed E-state index contributed by atoms with van der Waals surface area (Å²) in [5, 5.41) is 2.94. The van der Waals surface area contributed by atoms with Gasteiger partial charge in [0.2, 0.25) is 0 Å². The molecule has 1 aliphatic heterocycles. The molecule has 0 radical (unpaired) electrons. The van der Waals surface area contributed by atoms with E-state index in [4.69, 9.17) is 0 Å². The third-order valence-electron chi connectivity index (χ3n) is 2.74. The topological polar surface area (TPSA) is 38.3 Å². The number of ether oxygens (including phenoxy) is 1. The van der Waals surface area contributed by atoms with Crippen LogP contribution in [0.4, 0.5) is 18.9 Å². The number of fused-ring (bicyclic) bond motifs is 1. The number of anilines is 1. The van der Waals surface area contributed by atoms with E-state index in [1.54, 1.807) is 0 Å². The van der Waals surface area contributed by atoms with Crippen LogP contribution in [0.15, 0.2) is 12.1 Å². The number of hydrogen-bond donors (Lipinski definition) is 1. The van der Waals surface area contributed by atoms with Crippen LogP contribution in [0, 0.1) is 6.92 Å². The van der Waals surface area contributed by atoms with Crippen molar-refractivity contribution in [3.8, 4) is 5.75 Å². The average molecular weight is 259 g/mol. The quantitative estimate of drug-likeness (QED) is 0.841. The minimum atomic E-state index is -4.73. The van der Waals surface area contributed by atoms with Crippen molar-refractivity contribution in [1.29, 1.82) is 0 Å². The van der Waals surface area contributed by atoms with E-state index >= 15 is 0 Å². The lowest BCUT2D eigenvalue weighted by Crippen LogP contribution is -2.18. The summed E-state index contributed by atoms with van der Waals surface area (Å²) in [5.41, 5.74) is 1.13. The SMILES string of the molecule is Cc1cc2c(cc1OC(F)(F)F)NCCCC2=O. The summed E-state index contributed by atoms with van der Waals surface area (Å²) in [6.45, 7) is 2.05. The van der Waals surface area contributed by atoms with E-state index in [2.05, 4.69) is 10.1 Å². The fourth-order valence-electron chi connectivity index (χ4n) is 1.91. The van der Waals surface area contributed by atoms with E-state index in [1.165, 1.54) is 19.1 Å². The number of carbonyl (C=O) groups excluding carboxylic acids is 1. The van der Waals surface area contributed by atoms with Gasteiger partial charge in [-0.1, -0.05) is 0 Å². The Hall–Kier alpha value is -1.72. The van der Waals surface area contributed by atoms with Gasteiger partial charge in [0.25, 0.3) is 0 Å². The highest BCUT2D eigenvalue weighted by atomic mass is 19.4. The molecule has 3 nitrogen and oxygen atoms in total. The zero-order valence-corrected chi connectivity index (χ0v) is 9.73. The van der Waals surface area contributed by atoms with Gasteiger partial charge in [0.1, 0.15) is 5.75 Å². The second-order valence-electron chi connectivity index (χ2n) is 4.16. The monoisotopic (exact) mass is 259 g/mol. The van der Waals surface area contributed by atoms with Crippen molar-refractivity contribution in [2.45, 2.75) is 26.1 Å². The van der Waals surface area contributed by atoms with Crippen LogP contribution in [0.5, 0.6) is 5.75 Å². The molecule has 0 saturated carbocycles. The summed E-state index contributed by atoms with van der Waals surface area (Å²) in [7, 11) is 0. The van der Waals surface area contributed by atoms with Crippen molar-refractivity contribution in [2.75, 3.05) is 11.9 Å². The second-order valence-corrected chi connectivity index (χ2v) is 4.16. The van der Waals surface area contributed by atoms with Gasteiger partial charge in [-0.2, -0.15) is 0 Å². The molecule has 1 aliphatic rings. The van der Waals surface area contributed by atoms with E-state index in [-0.39, 0.29) is 11.5 Å². The van der Waals surface area contributed by atoms with Crippen LogP contribution in [0.3, 0.4) is 0 Å². The zero-order valence-electron chi connectivity index (χ0n) is 9.73. The molecular formula is C12H12F3NO2. The number of nitrogens with one attached hydrogen (secondary N) is 1. The van der Waals surface area contributed by atoms with Gasteiger partial charge in [0.05, 0.1) is 0 Å². The predicted molar refractivity (Wildman–Crippen MR) is 59.9 cm³/mol. The van der Waals surface area contributed by atoms with E-state index < -0.39 is 6.36 Å². The van der Waals surface area contributed by atoms with Crippen LogP contribution in [-0.2, 0) is 0 Å². The van der Waals surface area contributed by atoms with Crippen molar-refractivity contribution in [3.05, 3.63) is 23.3 Å². The molecule has 18 heavy (non-hydrogen) atoms. The van der Waals surface area contributed by atoms with Crippen LogP contribution in [0.2, 0.25) is 0 Å². The highest BCUT2D eigenvalue weighted by Gasteiger charge is 2.32. The molecular weight excluding hydrogens is 247 g/mol. The molecule has 0 fully saturated rings. The van der Waals surface area contributed by atoms with Gasteiger partial charge < -0.3 is 10.1 Å². The number of ketones is 1. The van der Waals surface area contributed by atoms with Crippen molar-refractivity contribution >= 4 is 11.5 Å². The maximum absolute atomic E-state index is 12.2. The first kappa shape index (κ1) is 12.7. The minimum absolute atomic E-state index is 0.0586. The first-order chi connectivity index (χ1) is 8.37. The number of halogens is 3. The summed E-state index contributed by atoms with van der Waals surface area (Å²) in [4.78, 5) is 11.8. The van der Waals surface area contributed by atoms with Gasteiger partial charge in [0, 0.05) is 30.3 Å². The average Bonchev–Trinajstić information content (AvgIpc) is 2.41. The molecule has 98 valence electrons. The Morgan fingerprint density at radius 1 is 1.33 bits per heavy atom. The van der Waals surface area contributed by atoms with E-state index in [1.807, 2.05) is 0 Å². The summed E-state index contributed by atoms with van der Waals surface area (Å²) >= 11 is 0. The van der Waals surface area contributed by atoms with Crippen LogP contribution in [0.25, 0.3) is 0 Å². The molecule has 0 unspecified atom stereocenters. The summed E-state index contributed by atoms with van der Waals surface area (Å²) < 4.78 is 40.5. The highest BCUT2D eigenvalue weighted by Crippen LogP contribution is 2.33. The van der Waals surface area contributed by atoms with Gasteiger partial charge in [-0.05, 0) is 25.0 Å². The normalized spacial score (nSPS) is 15.7. The second kappa shape index (κ2) is 4.51. The number of benzene rings is 1. The largest absolute Gasteiger partial charge is 0.573 e. The lowest BCUT2D eigenvalue weighted by atomic mass is 10.0. The Balaban J connectivity index is 2.41. The third-order valence-corrected chi connectivity index (χ3v) is 2.74. The summed E-state index contributed by atoms with van der Waals surface area (Å²) in [6, 6.07) is 2.68. The Kier molecular flexibility index (Phi) is 3.19. The molecule has 1 aromatic rings. The number of Topliss-reactive ketones (excluding diaryl/α,β-unsaturated/α-hetero) is 1. The number of rotatable bonds is 1. The first-order valence-electron chi connectivity index (χ1n) is 5.54. The van der Waals surface area contributed by atoms with Crippen LogP contribution in [0.1, 0.15) is 28.8 Å². The molecule has 1 aromatic carbocycles. The van der Waals surface area contributed by atoms with Gasteiger partial charge in [-0.3, -0.25) is 4.79 Å². The van der Waals surface area contributed by atoms with Crippen LogP contribution < -0.4 is 10.1 Å². The standard InChI is InChI=1S/C12H12F3NO2/c1-7-5-8-9(16-4-2-3-10(8)17)6-11(7)18-12(13,14)15/h5-6,16H,2-4H2,1H3. The zero-order chi connectivity index (χ0) is 13.3. The maximum Gasteiger partial charge on any atom is 0.573 e. The van der Waals surface area contributed by atoms with Gasteiger partial charge in [-0.25, -0.2) is 0 Å². The summed E-state index contributed by atoms with van der Waals surface area (Å²) in [6.07, 6.45) is -3.66. The van der Waals surface area contributed by atoms with Gasteiger partial charge >= 0.3 is 6.36 Å². The first-order valence-corrected chi connectivity index (χ1v) is 5.54. The van der Waals surface area contributed by atoms with Gasteiger partial charge in [-0.15, -0.1) is 13.2 Å². The van der Waals surface area contributed by atoms with E-state index in [0.29, 0.717) is 36.2 Å². The number of carbonyl (C=O) groups is 1. The van der Waals surface area contributed by atoms with Crippen LogP contribution >= 0.6 is 0 Å². The van der Waals surface area contributed by atoms with E-state index in [9.17, 15) is 18.0 Å². The molecule has 0 spiro atoms. The fraction of sp³-hybridized carbons (Fsp3) is 0.417. The lowest BCUT2D eigenvalue weighted by molar-refractivity contribution is -0.274. The van der Waals surface area contributed by atoms with Gasteiger partial charge in [0.15, 0.2) is 5.78 Å². The number of hydrogen-bond acceptors (Lipinski definition) is 3. The van der Waals surface area contributed by atoms with Crippen LogP contribution in [-0.4, -0.2) is 18.7 Å². The van der Waals surface area contributed by atoms with Crippen molar-refractivity contribution in [2.24, 2.45) is 0 Å². The summed E-state index contributed by atoms with van der Waals surface area (Å²) in [5.74, 6) is -0.333. The molecule has 0 amide bonds. The minimum Gasteiger partial charge on any atom is -0.405 e. The Bertz CT molecular complexity index is 483. The molecule has 6 heteroatoms. The van der Waals surface area contributed by atoms with Crippen molar-refractivity contribution < 1.29 is 22.7 Å². The van der Waals surface area contributed by atoms with Crippen molar-refractivity contribution in [1.82, 2.24) is 0 Å². The fourth-order valence-corrected chi connectivity index (χ4v) is 1.91. The third kappa shape index (κ3) is 2.75. The molecule has 0 atom stereocenters. The molecule has 0 saturated heterocycles. The molecule has 0 aromatic heterocycles. The Morgan fingerprint density at radius 2 is 2.06 bits per heavy atom. The maximum atomic E-state index is 12.2. The molecule has 1 heterocycles. The molecule has 1 N–H and O–H groups in total. The predicted octanol–water partition coefficient (Wildman–Crippen LogP) is 3.28. The molecule has 2 rings (SSSR count). The smallest absolute Gasteiger partial charge is 0.405 e. The van der Waals surface area contributed by atoms with Crippen molar-refractivity contribution in [3.63, 3.8) is 0 Å². The highest BCUT2D eigenvalue weighted by molar-refractivity contribution is 6.02. The molecule has 0 bridgehead atoms. The Labute approximate surface area is 102 Å². The number of aryl methyl sites for hydroxylation is 1. The van der Waals surface area contributed by atoms with E-state index in [0.717, 1.165) is 0 Å². The Morgan fingerprint density at radius 3 is 2.72 bits per heavy atom. The molecule has 0 aliphatic carbocycles.